The second kappa shape index (κ2) is 7.19. The van der Waals surface area contributed by atoms with Gasteiger partial charge in [-0.15, -0.1) is 0 Å². The first-order valence-corrected chi connectivity index (χ1v) is 6.65. The van der Waals surface area contributed by atoms with Gasteiger partial charge in [0.25, 0.3) is 0 Å². The maximum Gasteiger partial charge on any atom is 0.390 e. The maximum absolute atomic E-state index is 11.8. The van der Waals surface area contributed by atoms with E-state index in [1.807, 2.05) is 6.92 Å². The molecule has 0 aromatic heterocycles. The Morgan fingerprint density at radius 1 is 0.955 bits per heavy atom. The molecule has 0 saturated carbocycles. The van der Waals surface area contributed by atoms with Gasteiger partial charge in [-0.1, -0.05) is 5.92 Å². The number of ether oxygens (including phenoxy) is 3. The van der Waals surface area contributed by atoms with E-state index in [1.165, 1.54) is 0 Å². The SMILES string of the molecule is COc1ccc(C#CC(=O)Oc2ccc(OC)cc2C)cc1. The summed E-state index contributed by atoms with van der Waals surface area (Å²) in [6.45, 7) is 1.84. The lowest BCUT2D eigenvalue weighted by Gasteiger charge is -2.06. The Bertz CT molecular complexity index is 721. The normalized spacial score (nSPS) is 9.41. The van der Waals surface area contributed by atoms with Crippen LogP contribution in [0.4, 0.5) is 0 Å². The highest BCUT2D eigenvalue weighted by molar-refractivity contribution is 5.91. The van der Waals surface area contributed by atoms with Crippen molar-refractivity contribution in [1.29, 1.82) is 0 Å². The smallest absolute Gasteiger partial charge is 0.390 e. The van der Waals surface area contributed by atoms with Gasteiger partial charge in [0.15, 0.2) is 0 Å². The summed E-state index contributed by atoms with van der Waals surface area (Å²) in [5.41, 5.74) is 1.52. The molecule has 0 bridgehead atoms. The third kappa shape index (κ3) is 4.03. The molecule has 0 spiro atoms. The van der Waals surface area contributed by atoms with Crippen molar-refractivity contribution in [2.45, 2.75) is 6.92 Å². The predicted octanol–water partition coefficient (Wildman–Crippen LogP) is 2.97. The number of hydrogen-bond donors (Lipinski definition) is 0. The minimum atomic E-state index is -0.607. The molecule has 22 heavy (non-hydrogen) atoms. The quantitative estimate of drug-likeness (QED) is 0.496. The Morgan fingerprint density at radius 2 is 1.59 bits per heavy atom. The minimum absolute atomic E-state index is 0.467. The average molecular weight is 296 g/mol. The van der Waals surface area contributed by atoms with Gasteiger partial charge in [-0.2, -0.15) is 0 Å². The molecule has 0 heterocycles. The molecule has 0 atom stereocenters. The van der Waals surface area contributed by atoms with Crippen molar-refractivity contribution in [2.24, 2.45) is 0 Å². The second-order valence-electron chi connectivity index (χ2n) is 4.50. The van der Waals surface area contributed by atoms with Gasteiger partial charge in [0.1, 0.15) is 17.2 Å². The van der Waals surface area contributed by atoms with Crippen LogP contribution in [0.5, 0.6) is 17.2 Å². The van der Waals surface area contributed by atoms with Gasteiger partial charge in [-0.3, -0.25) is 0 Å². The summed E-state index contributed by atoms with van der Waals surface area (Å²) < 4.78 is 15.4. The first-order chi connectivity index (χ1) is 10.6. The van der Waals surface area contributed by atoms with Crippen LogP contribution in [0.3, 0.4) is 0 Å². The van der Waals surface area contributed by atoms with E-state index < -0.39 is 5.97 Å². The van der Waals surface area contributed by atoms with Crippen LogP contribution in [0.2, 0.25) is 0 Å². The molecule has 0 N–H and O–H groups in total. The van der Waals surface area contributed by atoms with Crippen molar-refractivity contribution in [3.05, 3.63) is 53.6 Å². The molecular formula is C18H16O4. The fourth-order valence-corrected chi connectivity index (χ4v) is 1.79. The molecule has 0 aliphatic heterocycles. The Kier molecular flexibility index (Phi) is 5.05. The first-order valence-electron chi connectivity index (χ1n) is 6.65. The van der Waals surface area contributed by atoms with E-state index in [1.54, 1.807) is 56.7 Å². The van der Waals surface area contributed by atoms with Crippen LogP contribution >= 0.6 is 0 Å². The molecule has 4 nitrogen and oxygen atoms in total. The molecule has 2 rings (SSSR count). The van der Waals surface area contributed by atoms with Crippen molar-refractivity contribution in [1.82, 2.24) is 0 Å². The van der Waals surface area contributed by atoms with Crippen molar-refractivity contribution >= 4 is 5.97 Å². The maximum atomic E-state index is 11.8. The van der Waals surface area contributed by atoms with Crippen LogP contribution < -0.4 is 14.2 Å². The van der Waals surface area contributed by atoms with E-state index in [2.05, 4.69) is 11.8 Å². The van der Waals surface area contributed by atoms with E-state index in [4.69, 9.17) is 14.2 Å². The molecule has 2 aromatic carbocycles. The van der Waals surface area contributed by atoms with Crippen LogP contribution in [0.25, 0.3) is 0 Å². The Labute approximate surface area is 129 Å². The monoisotopic (exact) mass is 296 g/mol. The number of esters is 1. The molecule has 0 radical (unpaired) electrons. The third-order valence-corrected chi connectivity index (χ3v) is 2.98. The van der Waals surface area contributed by atoms with Crippen LogP contribution in [-0.4, -0.2) is 20.2 Å². The van der Waals surface area contributed by atoms with Crippen LogP contribution in [0.1, 0.15) is 11.1 Å². The molecule has 0 fully saturated rings. The van der Waals surface area contributed by atoms with Gasteiger partial charge in [0.2, 0.25) is 0 Å². The summed E-state index contributed by atoms with van der Waals surface area (Å²) >= 11 is 0. The fourth-order valence-electron chi connectivity index (χ4n) is 1.79. The highest BCUT2D eigenvalue weighted by atomic mass is 16.5. The number of benzene rings is 2. The molecule has 0 aliphatic carbocycles. The van der Waals surface area contributed by atoms with Gasteiger partial charge >= 0.3 is 5.97 Å². The summed E-state index contributed by atoms with van der Waals surface area (Å²) in [6, 6.07) is 12.3. The van der Waals surface area contributed by atoms with Gasteiger partial charge in [0.05, 0.1) is 14.2 Å². The number of rotatable bonds is 3. The van der Waals surface area contributed by atoms with Gasteiger partial charge in [-0.25, -0.2) is 4.79 Å². The number of methoxy groups -OCH3 is 2. The predicted molar refractivity (Wildman–Crippen MR) is 83.2 cm³/mol. The highest BCUT2D eigenvalue weighted by Crippen LogP contribution is 2.23. The van der Waals surface area contributed by atoms with Crippen molar-refractivity contribution in [3.8, 4) is 29.1 Å². The lowest BCUT2D eigenvalue weighted by atomic mass is 10.2. The summed E-state index contributed by atoms with van der Waals surface area (Å²) in [5, 5.41) is 0. The zero-order valence-electron chi connectivity index (χ0n) is 12.7. The van der Waals surface area contributed by atoms with E-state index in [0.717, 1.165) is 11.3 Å². The van der Waals surface area contributed by atoms with Gasteiger partial charge in [0, 0.05) is 11.5 Å². The molecule has 0 unspecified atom stereocenters. The standard InChI is InChI=1S/C18H16O4/c1-13-12-16(21-3)9-10-17(13)22-18(19)11-6-14-4-7-15(20-2)8-5-14/h4-5,7-10,12H,1-3H3. The lowest BCUT2D eigenvalue weighted by Crippen LogP contribution is -2.05. The Morgan fingerprint density at radius 3 is 2.18 bits per heavy atom. The average Bonchev–Trinajstić information content (AvgIpc) is 2.55. The molecule has 0 aliphatic rings. The first kappa shape index (κ1) is 15.5. The summed E-state index contributed by atoms with van der Waals surface area (Å²) in [4.78, 5) is 11.8. The molecule has 0 saturated heterocycles. The molecule has 2 aromatic rings. The Balaban J connectivity index is 2.05. The number of carbonyl (C=O) groups is 1. The minimum Gasteiger partial charge on any atom is -0.497 e. The molecule has 4 heteroatoms. The number of carbonyl (C=O) groups excluding carboxylic acids is 1. The van der Waals surface area contributed by atoms with Crippen LogP contribution in [0.15, 0.2) is 42.5 Å². The van der Waals surface area contributed by atoms with Crippen LogP contribution in [-0.2, 0) is 4.79 Å². The highest BCUT2D eigenvalue weighted by Gasteiger charge is 2.05. The fraction of sp³-hybridized carbons (Fsp3) is 0.167. The van der Waals surface area contributed by atoms with Gasteiger partial charge < -0.3 is 14.2 Å². The van der Waals surface area contributed by atoms with Gasteiger partial charge in [-0.05, 0) is 55.0 Å². The number of hydrogen-bond acceptors (Lipinski definition) is 4. The van der Waals surface area contributed by atoms with Crippen molar-refractivity contribution < 1.29 is 19.0 Å². The third-order valence-electron chi connectivity index (χ3n) is 2.98. The molecular weight excluding hydrogens is 280 g/mol. The molecule has 0 amide bonds. The van der Waals surface area contributed by atoms with E-state index in [9.17, 15) is 4.79 Å². The zero-order valence-corrected chi connectivity index (χ0v) is 12.7. The second-order valence-corrected chi connectivity index (χ2v) is 4.50. The number of aryl methyl sites for hydroxylation is 1. The summed E-state index contributed by atoms with van der Waals surface area (Å²) in [6.07, 6.45) is 0. The van der Waals surface area contributed by atoms with Crippen molar-refractivity contribution in [3.63, 3.8) is 0 Å². The lowest BCUT2D eigenvalue weighted by molar-refractivity contribution is -0.128. The largest absolute Gasteiger partial charge is 0.497 e. The molecule has 112 valence electrons. The van der Waals surface area contributed by atoms with E-state index in [0.29, 0.717) is 17.1 Å². The van der Waals surface area contributed by atoms with E-state index in [-0.39, 0.29) is 0 Å². The topological polar surface area (TPSA) is 44.8 Å². The summed E-state index contributed by atoms with van der Waals surface area (Å²) in [5.74, 6) is 6.52. The van der Waals surface area contributed by atoms with Crippen molar-refractivity contribution in [2.75, 3.05) is 14.2 Å². The summed E-state index contributed by atoms with van der Waals surface area (Å²) in [7, 11) is 3.18. The Hall–Kier alpha value is -2.93. The van der Waals surface area contributed by atoms with Crippen LogP contribution in [0, 0.1) is 18.8 Å². The van der Waals surface area contributed by atoms with E-state index >= 15 is 0 Å². The zero-order chi connectivity index (χ0) is 15.9.